The summed E-state index contributed by atoms with van der Waals surface area (Å²) in [6.07, 6.45) is 3.91. The summed E-state index contributed by atoms with van der Waals surface area (Å²) in [6, 6.07) is 9.91. The Balaban J connectivity index is 1.48. The third kappa shape index (κ3) is 3.09. The molecule has 0 unspecified atom stereocenters. The number of ether oxygens (including phenoxy) is 1. The lowest BCUT2D eigenvalue weighted by Crippen LogP contribution is -2.53. The van der Waals surface area contributed by atoms with Crippen molar-refractivity contribution in [2.24, 2.45) is 0 Å². The van der Waals surface area contributed by atoms with Crippen molar-refractivity contribution in [1.82, 2.24) is 14.9 Å². The molecule has 4 heteroatoms. The number of rotatable bonds is 4. The topological polar surface area (TPSA) is 38.2 Å². The first-order chi connectivity index (χ1) is 9.29. The van der Waals surface area contributed by atoms with E-state index >= 15 is 0 Å². The molecule has 1 saturated heterocycles. The zero-order valence-electron chi connectivity index (χ0n) is 11.0. The second-order valence-corrected chi connectivity index (χ2v) is 4.89. The van der Waals surface area contributed by atoms with Crippen molar-refractivity contribution in [3.63, 3.8) is 0 Å². The average molecular weight is 255 g/mol. The Morgan fingerprint density at radius 3 is 2.84 bits per heavy atom. The van der Waals surface area contributed by atoms with Crippen LogP contribution in [0.5, 0.6) is 5.75 Å². The van der Waals surface area contributed by atoms with Gasteiger partial charge in [0.15, 0.2) is 0 Å². The Hall–Kier alpha value is -1.94. The van der Waals surface area contributed by atoms with Crippen LogP contribution in [0.2, 0.25) is 0 Å². The summed E-state index contributed by atoms with van der Waals surface area (Å²) in [4.78, 5) is 10.8. The van der Waals surface area contributed by atoms with E-state index in [0.29, 0.717) is 0 Å². The van der Waals surface area contributed by atoms with Crippen molar-refractivity contribution < 1.29 is 4.74 Å². The van der Waals surface area contributed by atoms with E-state index in [4.69, 9.17) is 4.74 Å². The minimum absolute atomic E-state index is 0.283. The van der Waals surface area contributed by atoms with Gasteiger partial charge in [0.2, 0.25) is 0 Å². The summed E-state index contributed by atoms with van der Waals surface area (Å²) >= 11 is 0. The predicted octanol–water partition coefficient (Wildman–Crippen LogP) is 2.05. The maximum absolute atomic E-state index is 5.90. The number of aryl methyl sites for hydroxylation is 1. The molecule has 98 valence electrons. The molecule has 3 rings (SSSR count). The third-order valence-corrected chi connectivity index (χ3v) is 3.21. The molecule has 0 saturated carbocycles. The Labute approximate surface area is 113 Å². The van der Waals surface area contributed by atoms with Gasteiger partial charge in [0, 0.05) is 43.8 Å². The molecule has 3 heterocycles. The van der Waals surface area contributed by atoms with Crippen molar-refractivity contribution in [3.8, 4) is 5.75 Å². The molecule has 0 spiro atoms. The number of pyridine rings is 2. The molecule has 0 aliphatic carbocycles. The van der Waals surface area contributed by atoms with E-state index in [1.165, 1.54) is 0 Å². The first-order valence-electron chi connectivity index (χ1n) is 6.51. The van der Waals surface area contributed by atoms with Crippen LogP contribution in [-0.2, 0) is 6.54 Å². The molecular weight excluding hydrogens is 238 g/mol. The van der Waals surface area contributed by atoms with Crippen LogP contribution < -0.4 is 4.74 Å². The maximum Gasteiger partial charge on any atom is 0.124 e. The van der Waals surface area contributed by atoms with Crippen LogP contribution in [-0.4, -0.2) is 34.1 Å². The van der Waals surface area contributed by atoms with Crippen LogP contribution in [0.4, 0.5) is 0 Å². The molecule has 0 aromatic carbocycles. The first kappa shape index (κ1) is 12.1. The highest BCUT2D eigenvalue weighted by atomic mass is 16.5. The Bertz CT molecular complexity index is 538. The molecule has 1 aliphatic heterocycles. The van der Waals surface area contributed by atoms with Crippen LogP contribution in [0.25, 0.3) is 0 Å². The molecule has 2 aromatic heterocycles. The number of nitrogens with zero attached hydrogens (tertiary/aromatic N) is 3. The molecule has 2 aromatic rings. The van der Waals surface area contributed by atoms with E-state index in [0.717, 1.165) is 36.8 Å². The lowest BCUT2D eigenvalue weighted by atomic mass is 10.1. The van der Waals surface area contributed by atoms with Gasteiger partial charge in [-0.05, 0) is 25.1 Å². The summed E-state index contributed by atoms with van der Waals surface area (Å²) in [6.45, 7) is 4.78. The van der Waals surface area contributed by atoms with E-state index in [9.17, 15) is 0 Å². The van der Waals surface area contributed by atoms with Gasteiger partial charge in [0.05, 0.1) is 5.69 Å². The zero-order valence-corrected chi connectivity index (χ0v) is 11.0. The number of aromatic nitrogens is 2. The molecule has 1 fully saturated rings. The second kappa shape index (κ2) is 5.36. The Kier molecular flexibility index (Phi) is 3.42. The average Bonchev–Trinajstić information content (AvgIpc) is 2.37. The van der Waals surface area contributed by atoms with Crippen molar-refractivity contribution in [3.05, 3.63) is 54.1 Å². The quantitative estimate of drug-likeness (QED) is 0.838. The highest BCUT2D eigenvalue weighted by Gasteiger charge is 2.28. The highest BCUT2D eigenvalue weighted by molar-refractivity contribution is 5.22. The lowest BCUT2D eigenvalue weighted by Gasteiger charge is -2.38. The molecule has 0 bridgehead atoms. The van der Waals surface area contributed by atoms with E-state index in [2.05, 4.69) is 20.9 Å². The second-order valence-electron chi connectivity index (χ2n) is 4.89. The normalized spacial score (nSPS) is 16.1. The maximum atomic E-state index is 5.90. The molecule has 4 nitrogen and oxygen atoms in total. The van der Waals surface area contributed by atoms with Crippen LogP contribution >= 0.6 is 0 Å². The molecular formula is C15H17N3O. The van der Waals surface area contributed by atoms with E-state index < -0.39 is 0 Å². The van der Waals surface area contributed by atoms with Gasteiger partial charge in [-0.15, -0.1) is 0 Å². The first-order valence-corrected chi connectivity index (χ1v) is 6.51. The van der Waals surface area contributed by atoms with Crippen molar-refractivity contribution in [2.45, 2.75) is 19.6 Å². The van der Waals surface area contributed by atoms with E-state index in [1.54, 1.807) is 6.20 Å². The van der Waals surface area contributed by atoms with Gasteiger partial charge < -0.3 is 4.74 Å². The highest BCUT2D eigenvalue weighted by Crippen LogP contribution is 2.19. The van der Waals surface area contributed by atoms with Crippen LogP contribution in [0.15, 0.2) is 42.7 Å². The minimum Gasteiger partial charge on any atom is -0.488 e. The third-order valence-electron chi connectivity index (χ3n) is 3.21. The van der Waals surface area contributed by atoms with E-state index in [-0.39, 0.29) is 6.10 Å². The van der Waals surface area contributed by atoms with E-state index in [1.807, 2.05) is 37.4 Å². The van der Waals surface area contributed by atoms with Gasteiger partial charge in [-0.25, -0.2) is 0 Å². The van der Waals surface area contributed by atoms with Gasteiger partial charge in [-0.2, -0.15) is 0 Å². The van der Waals surface area contributed by atoms with Gasteiger partial charge in [-0.1, -0.05) is 6.07 Å². The minimum atomic E-state index is 0.283. The molecule has 0 N–H and O–H groups in total. The van der Waals surface area contributed by atoms with Crippen molar-refractivity contribution in [2.75, 3.05) is 13.1 Å². The summed E-state index contributed by atoms with van der Waals surface area (Å²) in [5.41, 5.74) is 2.10. The molecule has 0 radical (unpaired) electrons. The van der Waals surface area contributed by atoms with Crippen LogP contribution in [0.3, 0.4) is 0 Å². The van der Waals surface area contributed by atoms with Gasteiger partial charge in [0.1, 0.15) is 11.9 Å². The molecule has 1 aliphatic rings. The summed E-state index contributed by atoms with van der Waals surface area (Å²) in [5.74, 6) is 0.912. The standard InChI is InChI=1S/C15H17N3O/c1-12-8-14(5-7-16-12)19-15-10-18(11-15)9-13-4-2-3-6-17-13/h2-8,15H,9-11H2,1H3. The van der Waals surface area contributed by atoms with Crippen molar-refractivity contribution >= 4 is 0 Å². The fraction of sp³-hybridized carbons (Fsp3) is 0.333. The SMILES string of the molecule is Cc1cc(OC2CN(Cc3ccccn3)C2)ccn1. The monoisotopic (exact) mass is 255 g/mol. The fourth-order valence-electron chi connectivity index (χ4n) is 2.23. The number of hydrogen-bond donors (Lipinski definition) is 0. The van der Waals surface area contributed by atoms with Crippen LogP contribution in [0, 0.1) is 6.92 Å². The predicted molar refractivity (Wildman–Crippen MR) is 72.9 cm³/mol. The molecule has 19 heavy (non-hydrogen) atoms. The van der Waals surface area contributed by atoms with Gasteiger partial charge in [-0.3, -0.25) is 14.9 Å². The fourth-order valence-corrected chi connectivity index (χ4v) is 2.23. The molecule has 0 amide bonds. The summed E-state index contributed by atoms with van der Waals surface area (Å²) in [5, 5.41) is 0. The van der Waals surface area contributed by atoms with Crippen LogP contribution in [0.1, 0.15) is 11.4 Å². The Morgan fingerprint density at radius 2 is 2.11 bits per heavy atom. The summed E-state index contributed by atoms with van der Waals surface area (Å²) < 4.78 is 5.90. The summed E-state index contributed by atoms with van der Waals surface area (Å²) in [7, 11) is 0. The largest absolute Gasteiger partial charge is 0.488 e. The smallest absolute Gasteiger partial charge is 0.124 e. The zero-order chi connectivity index (χ0) is 13.1. The van der Waals surface area contributed by atoms with Gasteiger partial charge in [0.25, 0.3) is 0 Å². The van der Waals surface area contributed by atoms with Crippen molar-refractivity contribution in [1.29, 1.82) is 0 Å². The number of likely N-dealkylation sites (tertiary alicyclic amines) is 1. The lowest BCUT2D eigenvalue weighted by molar-refractivity contribution is 0.0137. The number of hydrogen-bond acceptors (Lipinski definition) is 4. The molecule has 0 atom stereocenters. The van der Waals surface area contributed by atoms with Gasteiger partial charge >= 0.3 is 0 Å². The Morgan fingerprint density at radius 1 is 1.21 bits per heavy atom.